The number of hydrogen-bond donors (Lipinski definition) is 1. The number of nitrogens with two attached hydrogens (primary N) is 1. The average Bonchev–Trinajstić information content (AvgIpc) is 2.02. The zero-order valence-electron chi connectivity index (χ0n) is 6.51. The molecular formula is C7H7ClN2O2S. The van der Waals surface area contributed by atoms with Gasteiger partial charge in [0.1, 0.15) is 0 Å². The molecule has 70 valence electrons. The highest BCUT2D eigenvalue weighted by molar-refractivity contribution is 7.92. The summed E-state index contributed by atoms with van der Waals surface area (Å²) < 4.78 is 21.0. The van der Waals surface area contributed by atoms with Crippen LogP contribution in [0.2, 0.25) is 5.02 Å². The smallest absolute Gasteiger partial charge is 0.231 e. The number of halogens is 1. The minimum Gasteiger partial charge on any atom is -0.255 e. The monoisotopic (exact) mass is 218 g/mol. The largest absolute Gasteiger partial charge is 0.255 e. The molecule has 1 heterocycles. The van der Waals surface area contributed by atoms with Crippen molar-refractivity contribution in [3.63, 3.8) is 0 Å². The molecule has 0 aromatic carbocycles. The van der Waals surface area contributed by atoms with Gasteiger partial charge in [0.15, 0.2) is 0 Å². The summed E-state index contributed by atoms with van der Waals surface area (Å²) in [5.41, 5.74) is 0.485. The normalized spacial score (nSPS) is 12.2. The number of sulfonamides is 1. The van der Waals surface area contributed by atoms with E-state index in [1.807, 2.05) is 0 Å². The third-order valence-corrected chi connectivity index (χ3v) is 1.92. The van der Waals surface area contributed by atoms with Crippen LogP contribution in [0.1, 0.15) is 5.69 Å². The topological polar surface area (TPSA) is 73.1 Å². The lowest BCUT2D eigenvalue weighted by atomic mass is 10.3. The molecule has 1 aromatic rings. The second kappa shape index (κ2) is 3.87. The van der Waals surface area contributed by atoms with E-state index in [1.165, 1.54) is 12.3 Å². The fraction of sp³-hybridized carbons (Fsp3) is 0. The maximum atomic E-state index is 10.5. The van der Waals surface area contributed by atoms with Gasteiger partial charge in [-0.3, -0.25) is 4.98 Å². The van der Waals surface area contributed by atoms with E-state index < -0.39 is 10.0 Å². The highest BCUT2D eigenvalue weighted by atomic mass is 35.5. The number of rotatable bonds is 2. The first-order valence-corrected chi connectivity index (χ1v) is 5.28. The summed E-state index contributed by atoms with van der Waals surface area (Å²) in [5, 5.41) is 6.12. The average molecular weight is 219 g/mol. The van der Waals surface area contributed by atoms with Gasteiger partial charge in [-0.2, -0.15) is 0 Å². The molecule has 1 rings (SSSR count). The van der Waals surface area contributed by atoms with Crippen molar-refractivity contribution in [1.82, 2.24) is 4.98 Å². The Kier molecular flexibility index (Phi) is 3.02. The Hall–Kier alpha value is -0.910. The third-order valence-electron chi connectivity index (χ3n) is 1.18. The molecule has 0 amide bonds. The van der Waals surface area contributed by atoms with Gasteiger partial charge in [0.05, 0.1) is 10.7 Å². The molecular weight excluding hydrogens is 212 g/mol. The molecule has 4 nitrogen and oxygen atoms in total. The van der Waals surface area contributed by atoms with Gasteiger partial charge in [0, 0.05) is 11.6 Å². The zero-order chi connectivity index (χ0) is 9.90. The molecule has 2 N–H and O–H groups in total. The van der Waals surface area contributed by atoms with Crippen LogP contribution in [0.15, 0.2) is 23.7 Å². The van der Waals surface area contributed by atoms with Crippen molar-refractivity contribution in [3.05, 3.63) is 34.5 Å². The fourth-order valence-electron chi connectivity index (χ4n) is 0.650. The molecule has 0 radical (unpaired) electrons. The molecule has 1 aromatic heterocycles. The predicted molar refractivity (Wildman–Crippen MR) is 51.4 cm³/mol. The van der Waals surface area contributed by atoms with Crippen LogP contribution in [0.5, 0.6) is 0 Å². The second-order valence-electron chi connectivity index (χ2n) is 2.29. The molecule has 0 fully saturated rings. The molecule has 0 atom stereocenters. The Bertz CT molecular complexity index is 411. The van der Waals surface area contributed by atoms with Crippen molar-refractivity contribution in [2.24, 2.45) is 5.14 Å². The van der Waals surface area contributed by atoms with Gasteiger partial charge in [-0.1, -0.05) is 11.6 Å². The molecule has 0 aliphatic carbocycles. The Labute approximate surface area is 81.1 Å². The molecule has 6 heteroatoms. The van der Waals surface area contributed by atoms with Crippen LogP contribution in [0.25, 0.3) is 6.08 Å². The number of pyridine rings is 1. The number of primary sulfonamides is 1. The standard InChI is InChI=1S/C7H7ClN2O2S/c8-6-1-2-7(10-5-6)3-4-13(9,11)12/h1-5H,(H2,9,11,12)/b4-3+. The van der Waals surface area contributed by atoms with Crippen LogP contribution in [0.3, 0.4) is 0 Å². The van der Waals surface area contributed by atoms with Crippen LogP contribution in [0, 0.1) is 0 Å². The van der Waals surface area contributed by atoms with Gasteiger partial charge >= 0.3 is 0 Å². The van der Waals surface area contributed by atoms with Crippen molar-refractivity contribution in [2.75, 3.05) is 0 Å². The first-order chi connectivity index (χ1) is 5.97. The Morgan fingerprint density at radius 1 is 1.46 bits per heavy atom. The minimum absolute atomic E-state index is 0.485. The van der Waals surface area contributed by atoms with Gasteiger partial charge in [-0.05, 0) is 18.2 Å². The van der Waals surface area contributed by atoms with E-state index in [0.29, 0.717) is 10.7 Å². The highest BCUT2D eigenvalue weighted by Gasteiger charge is 1.94. The van der Waals surface area contributed by atoms with Gasteiger partial charge in [0.25, 0.3) is 0 Å². The van der Waals surface area contributed by atoms with Gasteiger partial charge in [-0.15, -0.1) is 0 Å². The summed E-state index contributed by atoms with van der Waals surface area (Å²) >= 11 is 5.57. The lowest BCUT2D eigenvalue weighted by Gasteiger charge is -1.91. The van der Waals surface area contributed by atoms with Crippen molar-refractivity contribution < 1.29 is 8.42 Å². The van der Waals surface area contributed by atoms with Crippen molar-refractivity contribution >= 4 is 27.7 Å². The van der Waals surface area contributed by atoms with E-state index in [9.17, 15) is 8.42 Å². The number of hydrogen-bond acceptors (Lipinski definition) is 3. The molecule has 0 aliphatic rings. The van der Waals surface area contributed by atoms with Crippen LogP contribution in [-0.2, 0) is 10.0 Å². The minimum atomic E-state index is -3.59. The zero-order valence-corrected chi connectivity index (χ0v) is 8.09. The Morgan fingerprint density at radius 3 is 2.62 bits per heavy atom. The van der Waals surface area contributed by atoms with Crippen molar-refractivity contribution in [2.45, 2.75) is 0 Å². The summed E-state index contributed by atoms with van der Waals surface area (Å²) in [5.74, 6) is 0. The predicted octanol–water partition coefficient (Wildman–Crippen LogP) is 0.994. The number of nitrogens with zero attached hydrogens (tertiary/aromatic N) is 1. The summed E-state index contributed by atoms with van der Waals surface area (Å²) in [6.45, 7) is 0. The van der Waals surface area contributed by atoms with E-state index in [2.05, 4.69) is 4.98 Å². The number of aromatic nitrogens is 1. The molecule has 13 heavy (non-hydrogen) atoms. The van der Waals surface area contributed by atoms with Crippen LogP contribution < -0.4 is 5.14 Å². The lowest BCUT2D eigenvalue weighted by molar-refractivity contribution is 0.606. The summed E-state index contributed by atoms with van der Waals surface area (Å²) in [6, 6.07) is 3.20. The van der Waals surface area contributed by atoms with E-state index in [0.717, 1.165) is 5.41 Å². The maximum Gasteiger partial charge on any atom is 0.231 e. The first-order valence-electron chi connectivity index (χ1n) is 3.30. The molecule has 0 saturated heterocycles. The first kappa shape index (κ1) is 10.2. The molecule has 0 aliphatic heterocycles. The molecule has 0 saturated carbocycles. The highest BCUT2D eigenvalue weighted by Crippen LogP contribution is 2.07. The van der Waals surface area contributed by atoms with Gasteiger partial charge in [0.2, 0.25) is 10.0 Å². The van der Waals surface area contributed by atoms with Crippen LogP contribution in [0.4, 0.5) is 0 Å². The third kappa shape index (κ3) is 4.02. The van der Waals surface area contributed by atoms with E-state index in [-0.39, 0.29) is 0 Å². The SMILES string of the molecule is NS(=O)(=O)/C=C/c1ccc(Cl)cn1. The second-order valence-corrected chi connectivity index (χ2v) is 4.18. The van der Waals surface area contributed by atoms with Crippen molar-refractivity contribution in [1.29, 1.82) is 0 Å². The molecule has 0 unspecified atom stereocenters. The summed E-state index contributed by atoms with van der Waals surface area (Å²) in [7, 11) is -3.59. The quantitative estimate of drug-likeness (QED) is 0.805. The fourth-order valence-corrected chi connectivity index (χ4v) is 1.09. The van der Waals surface area contributed by atoms with Crippen LogP contribution >= 0.6 is 11.6 Å². The van der Waals surface area contributed by atoms with E-state index >= 15 is 0 Å². The van der Waals surface area contributed by atoms with Crippen molar-refractivity contribution in [3.8, 4) is 0 Å². The Balaban J connectivity index is 2.88. The summed E-state index contributed by atoms with van der Waals surface area (Å²) in [4.78, 5) is 3.84. The van der Waals surface area contributed by atoms with E-state index in [1.54, 1.807) is 12.1 Å². The molecule has 0 bridgehead atoms. The van der Waals surface area contributed by atoms with Crippen LogP contribution in [-0.4, -0.2) is 13.4 Å². The van der Waals surface area contributed by atoms with Gasteiger partial charge < -0.3 is 0 Å². The molecule has 0 spiro atoms. The summed E-state index contributed by atoms with van der Waals surface area (Å²) in [6.07, 6.45) is 2.72. The Morgan fingerprint density at radius 2 is 2.15 bits per heavy atom. The lowest BCUT2D eigenvalue weighted by Crippen LogP contribution is -2.06. The maximum absolute atomic E-state index is 10.5. The van der Waals surface area contributed by atoms with Gasteiger partial charge in [-0.25, -0.2) is 13.6 Å². The van der Waals surface area contributed by atoms with E-state index in [4.69, 9.17) is 16.7 Å².